The minimum atomic E-state index is 0.630. The summed E-state index contributed by atoms with van der Waals surface area (Å²) in [6, 6.07) is 9.29. The molecule has 100 valence electrons. The van der Waals surface area contributed by atoms with Gasteiger partial charge in [-0.2, -0.15) is 0 Å². The third-order valence-corrected chi connectivity index (χ3v) is 3.77. The van der Waals surface area contributed by atoms with Crippen LogP contribution in [0.5, 0.6) is 0 Å². The summed E-state index contributed by atoms with van der Waals surface area (Å²) in [4.78, 5) is 4.67. The number of hydrogen-bond acceptors (Lipinski definition) is 3. The summed E-state index contributed by atoms with van der Waals surface area (Å²) in [6.07, 6.45) is 2.50. The highest BCUT2D eigenvalue weighted by Crippen LogP contribution is 2.20. The fourth-order valence-electron chi connectivity index (χ4n) is 2.50. The number of anilines is 2. The van der Waals surface area contributed by atoms with Crippen molar-refractivity contribution in [2.24, 2.45) is 0 Å². The van der Waals surface area contributed by atoms with E-state index in [2.05, 4.69) is 60.4 Å². The van der Waals surface area contributed by atoms with Gasteiger partial charge in [0.1, 0.15) is 0 Å². The van der Waals surface area contributed by atoms with Crippen molar-refractivity contribution < 1.29 is 0 Å². The average Bonchev–Trinajstić information content (AvgIpc) is 2.40. The summed E-state index contributed by atoms with van der Waals surface area (Å²) >= 11 is 0. The highest BCUT2D eigenvalue weighted by molar-refractivity contribution is 5.57. The van der Waals surface area contributed by atoms with Crippen molar-refractivity contribution in [3.05, 3.63) is 24.3 Å². The van der Waals surface area contributed by atoms with Gasteiger partial charge in [0.15, 0.2) is 0 Å². The van der Waals surface area contributed by atoms with E-state index in [9.17, 15) is 0 Å². The monoisotopic (exact) mass is 247 g/mol. The molecule has 1 heterocycles. The van der Waals surface area contributed by atoms with Gasteiger partial charge in [0, 0.05) is 44.6 Å². The maximum atomic E-state index is 3.67. The van der Waals surface area contributed by atoms with Crippen molar-refractivity contribution >= 4 is 11.4 Å². The van der Waals surface area contributed by atoms with Crippen LogP contribution in [0.15, 0.2) is 24.3 Å². The smallest absolute Gasteiger partial charge is 0.0381 e. The second-order valence-electron chi connectivity index (χ2n) is 5.30. The third kappa shape index (κ3) is 3.39. The number of likely N-dealkylation sites (tertiary alicyclic amines) is 1. The summed E-state index contributed by atoms with van der Waals surface area (Å²) in [5.74, 6) is 0. The normalized spacial score (nSPS) is 17.7. The van der Waals surface area contributed by atoms with Crippen molar-refractivity contribution in [2.75, 3.05) is 43.9 Å². The molecule has 0 unspecified atom stereocenters. The molecule has 0 spiro atoms. The predicted molar refractivity (Wildman–Crippen MR) is 79.5 cm³/mol. The van der Waals surface area contributed by atoms with E-state index in [0.29, 0.717) is 6.04 Å². The van der Waals surface area contributed by atoms with E-state index in [1.807, 2.05) is 0 Å². The molecule has 1 aromatic carbocycles. The summed E-state index contributed by atoms with van der Waals surface area (Å²) in [7, 11) is 4.16. The van der Waals surface area contributed by atoms with Gasteiger partial charge in [-0.15, -0.1) is 0 Å². The first kappa shape index (κ1) is 13.2. The lowest BCUT2D eigenvalue weighted by Gasteiger charge is -2.32. The van der Waals surface area contributed by atoms with E-state index in [4.69, 9.17) is 0 Å². The number of rotatable bonds is 4. The number of nitrogens with zero attached hydrogens (tertiary/aromatic N) is 2. The van der Waals surface area contributed by atoms with Gasteiger partial charge in [0.05, 0.1) is 0 Å². The van der Waals surface area contributed by atoms with Gasteiger partial charge >= 0.3 is 0 Å². The van der Waals surface area contributed by atoms with Gasteiger partial charge in [-0.3, -0.25) is 0 Å². The van der Waals surface area contributed by atoms with Crippen molar-refractivity contribution in [1.82, 2.24) is 4.90 Å². The van der Waals surface area contributed by atoms with Gasteiger partial charge < -0.3 is 15.1 Å². The van der Waals surface area contributed by atoms with E-state index in [1.54, 1.807) is 0 Å². The van der Waals surface area contributed by atoms with Crippen LogP contribution in [-0.4, -0.2) is 44.7 Å². The molecule has 0 atom stereocenters. The van der Waals surface area contributed by atoms with Gasteiger partial charge in [0.25, 0.3) is 0 Å². The van der Waals surface area contributed by atoms with Crippen molar-refractivity contribution in [3.8, 4) is 0 Å². The lowest BCUT2D eigenvalue weighted by atomic mass is 10.0. The second-order valence-corrected chi connectivity index (χ2v) is 5.30. The average molecular weight is 247 g/mol. The Balaban J connectivity index is 1.92. The van der Waals surface area contributed by atoms with Gasteiger partial charge in [-0.25, -0.2) is 0 Å². The first-order chi connectivity index (χ1) is 8.69. The maximum absolute atomic E-state index is 3.67. The van der Waals surface area contributed by atoms with E-state index < -0.39 is 0 Å². The van der Waals surface area contributed by atoms with E-state index in [-0.39, 0.29) is 0 Å². The standard InChI is InChI=1S/C15H25N3/c1-4-18-10-8-13(9-11-18)16-14-6-5-7-15(12-14)17(2)3/h5-7,12-13,16H,4,8-11H2,1-3H3. The molecular formula is C15H25N3. The molecule has 0 saturated carbocycles. The number of hydrogen-bond donors (Lipinski definition) is 1. The van der Waals surface area contributed by atoms with E-state index >= 15 is 0 Å². The first-order valence-electron chi connectivity index (χ1n) is 6.95. The highest BCUT2D eigenvalue weighted by Gasteiger charge is 2.17. The molecule has 2 rings (SSSR count). The Bertz CT molecular complexity index is 368. The van der Waals surface area contributed by atoms with E-state index in [1.165, 1.54) is 43.9 Å². The summed E-state index contributed by atoms with van der Waals surface area (Å²) < 4.78 is 0. The van der Waals surface area contributed by atoms with Gasteiger partial charge in [-0.05, 0) is 37.6 Å². The van der Waals surface area contributed by atoms with Crippen LogP contribution in [0.3, 0.4) is 0 Å². The SMILES string of the molecule is CCN1CCC(Nc2cccc(N(C)C)c2)CC1. The molecule has 1 N–H and O–H groups in total. The zero-order valence-electron chi connectivity index (χ0n) is 11.8. The largest absolute Gasteiger partial charge is 0.382 e. The zero-order valence-corrected chi connectivity index (χ0v) is 11.8. The Hall–Kier alpha value is -1.22. The Morgan fingerprint density at radius 3 is 2.61 bits per heavy atom. The predicted octanol–water partition coefficient (Wildman–Crippen LogP) is 2.65. The van der Waals surface area contributed by atoms with Crippen LogP contribution in [0.25, 0.3) is 0 Å². The molecule has 1 aliphatic heterocycles. The Morgan fingerprint density at radius 1 is 1.28 bits per heavy atom. The summed E-state index contributed by atoms with van der Waals surface area (Å²) in [6.45, 7) is 5.88. The zero-order chi connectivity index (χ0) is 13.0. The topological polar surface area (TPSA) is 18.5 Å². The maximum Gasteiger partial charge on any atom is 0.0381 e. The summed E-state index contributed by atoms with van der Waals surface area (Å²) in [5, 5.41) is 3.67. The quantitative estimate of drug-likeness (QED) is 0.882. The van der Waals surface area contributed by atoms with Gasteiger partial charge in [0.2, 0.25) is 0 Å². The van der Waals surface area contributed by atoms with Crippen LogP contribution in [0.4, 0.5) is 11.4 Å². The van der Waals surface area contributed by atoms with Crippen LogP contribution in [0.2, 0.25) is 0 Å². The van der Waals surface area contributed by atoms with E-state index in [0.717, 1.165) is 0 Å². The fraction of sp³-hybridized carbons (Fsp3) is 0.600. The molecule has 1 fully saturated rings. The first-order valence-corrected chi connectivity index (χ1v) is 6.95. The minimum Gasteiger partial charge on any atom is -0.382 e. The molecule has 1 aliphatic rings. The van der Waals surface area contributed by atoms with Crippen LogP contribution in [0, 0.1) is 0 Å². The number of nitrogens with one attached hydrogen (secondary N) is 1. The molecule has 0 bridgehead atoms. The highest BCUT2D eigenvalue weighted by atomic mass is 15.1. The fourth-order valence-corrected chi connectivity index (χ4v) is 2.50. The van der Waals surface area contributed by atoms with Crippen molar-refractivity contribution in [1.29, 1.82) is 0 Å². The molecule has 0 radical (unpaired) electrons. The van der Waals surface area contributed by atoms with Crippen LogP contribution in [0.1, 0.15) is 19.8 Å². The number of piperidine rings is 1. The van der Waals surface area contributed by atoms with Crippen molar-refractivity contribution in [2.45, 2.75) is 25.8 Å². The molecule has 18 heavy (non-hydrogen) atoms. The third-order valence-electron chi connectivity index (χ3n) is 3.77. The lowest BCUT2D eigenvalue weighted by molar-refractivity contribution is 0.229. The lowest BCUT2D eigenvalue weighted by Crippen LogP contribution is -2.38. The van der Waals surface area contributed by atoms with Crippen LogP contribution >= 0.6 is 0 Å². The van der Waals surface area contributed by atoms with Crippen LogP contribution < -0.4 is 10.2 Å². The molecule has 0 aromatic heterocycles. The molecule has 1 aromatic rings. The van der Waals surface area contributed by atoms with Gasteiger partial charge in [-0.1, -0.05) is 13.0 Å². The molecule has 3 heteroatoms. The molecule has 0 amide bonds. The Morgan fingerprint density at radius 2 is 2.00 bits per heavy atom. The minimum absolute atomic E-state index is 0.630. The number of benzene rings is 1. The molecule has 0 aliphatic carbocycles. The summed E-state index contributed by atoms with van der Waals surface area (Å²) in [5.41, 5.74) is 2.50. The Labute approximate surface area is 111 Å². The van der Waals surface area contributed by atoms with Crippen LogP contribution in [-0.2, 0) is 0 Å². The second kappa shape index (κ2) is 6.10. The molecule has 1 saturated heterocycles. The molecular weight excluding hydrogens is 222 g/mol. The van der Waals surface area contributed by atoms with Crippen molar-refractivity contribution in [3.63, 3.8) is 0 Å². The Kier molecular flexibility index (Phi) is 4.48. The molecule has 3 nitrogen and oxygen atoms in total.